The third-order valence-corrected chi connectivity index (χ3v) is 2.76. The predicted molar refractivity (Wildman–Crippen MR) is 63.2 cm³/mol. The van der Waals surface area contributed by atoms with Crippen LogP contribution in [0.5, 0.6) is 0 Å². The molecule has 4 heteroatoms. The van der Waals surface area contributed by atoms with Gasteiger partial charge >= 0.3 is 0 Å². The number of aromatic nitrogens is 1. The van der Waals surface area contributed by atoms with E-state index in [1.165, 1.54) is 12.3 Å². The first-order valence-electron chi connectivity index (χ1n) is 5.60. The highest BCUT2D eigenvalue weighted by Gasteiger charge is 2.18. The van der Waals surface area contributed by atoms with E-state index >= 15 is 0 Å². The van der Waals surface area contributed by atoms with Crippen molar-refractivity contribution in [1.82, 2.24) is 10.3 Å². The lowest BCUT2D eigenvalue weighted by Gasteiger charge is -2.16. The first kappa shape index (κ1) is 11.8. The number of aryl methyl sites for hydroxylation is 1. The van der Waals surface area contributed by atoms with Gasteiger partial charge in [0, 0.05) is 18.2 Å². The topological polar surface area (TPSA) is 38.1 Å². The zero-order chi connectivity index (χ0) is 12.3. The van der Waals surface area contributed by atoms with Crippen LogP contribution in [0.2, 0.25) is 0 Å². The summed E-state index contributed by atoms with van der Waals surface area (Å²) < 4.78 is 18.6. The molecule has 0 saturated carbocycles. The number of pyridine rings is 1. The van der Waals surface area contributed by atoms with Crippen molar-refractivity contribution in [2.45, 2.75) is 19.4 Å². The number of furan rings is 1. The number of hydrogen-bond donors (Lipinski definition) is 1. The van der Waals surface area contributed by atoms with Crippen LogP contribution in [0.1, 0.15) is 29.9 Å². The lowest BCUT2D eigenvalue weighted by molar-refractivity contribution is 0.504. The number of hydrogen-bond acceptors (Lipinski definition) is 3. The van der Waals surface area contributed by atoms with Gasteiger partial charge in [0.2, 0.25) is 0 Å². The Morgan fingerprint density at radius 1 is 1.47 bits per heavy atom. The summed E-state index contributed by atoms with van der Waals surface area (Å²) in [6.45, 7) is 2.03. The molecule has 1 N–H and O–H groups in total. The van der Waals surface area contributed by atoms with Crippen LogP contribution in [0.15, 0.2) is 35.2 Å². The van der Waals surface area contributed by atoms with Crippen LogP contribution in [0.25, 0.3) is 0 Å². The monoisotopic (exact) mass is 234 g/mol. The Hall–Kier alpha value is -1.68. The van der Waals surface area contributed by atoms with Crippen molar-refractivity contribution in [3.63, 3.8) is 0 Å². The van der Waals surface area contributed by atoms with Gasteiger partial charge < -0.3 is 9.73 Å². The summed E-state index contributed by atoms with van der Waals surface area (Å²) >= 11 is 0. The smallest absolute Gasteiger partial charge is 0.141 e. The minimum Gasteiger partial charge on any atom is -0.469 e. The van der Waals surface area contributed by atoms with Crippen molar-refractivity contribution in [2.24, 2.45) is 0 Å². The Labute approximate surface area is 99.7 Å². The maximum absolute atomic E-state index is 13.2. The summed E-state index contributed by atoms with van der Waals surface area (Å²) in [7, 11) is 1.84. The van der Waals surface area contributed by atoms with E-state index in [9.17, 15) is 4.39 Å². The molecule has 3 nitrogen and oxygen atoms in total. The van der Waals surface area contributed by atoms with E-state index in [0.717, 1.165) is 23.3 Å². The maximum atomic E-state index is 13.2. The molecule has 0 aliphatic heterocycles. The molecule has 0 spiro atoms. The van der Waals surface area contributed by atoms with Crippen molar-refractivity contribution in [2.75, 3.05) is 7.05 Å². The lowest BCUT2D eigenvalue weighted by atomic mass is 10.00. The largest absolute Gasteiger partial charge is 0.469 e. The summed E-state index contributed by atoms with van der Waals surface area (Å²) in [5, 5.41) is 3.16. The van der Waals surface area contributed by atoms with Crippen LogP contribution >= 0.6 is 0 Å². The lowest BCUT2D eigenvalue weighted by Crippen LogP contribution is -2.18. The van der Waals surface area contributed by atoms with E-state index in [1.54, 1.807) is 12.5 Å². The Morgan fingerprint density at radius 3 is 2.94 bits per heavy atom. The summed E-state index contributed by atoms with van der Waals surface area (Å²) in [4.78, 5) is 3.87. The molecule has 0 bridgehead atoms. The van der Waals surface area contributed by atoms with Gasteiger partial charge in [-0.05, 0) is 24.7 Å². The van der Waals surface area contributed by atoms with E-state index in [-0.39, 0.29) is 11.9 Å². The first-order chi connectivity index (χ1) is 8.26. The number of rotatable bonds is 4. The fourth-order valence-corrected chi connectivity index (χ4v) is 1.98. The molecule has 0 saturated heterocycles. The molecule has 90 valence electrons. The first-order valence-corrected chi connectivity index (χ1v) is 5.60. The van der Waals surface area contributed by atoms with Crippen molar-refractivity contribution < 1.29 is 8.81 Å². The molecule has 0 fully saturated rings. The van der Waals surface area contributed by atoms with Gasteiger partial charge in [0.15, 0.2) is 0 Å². The Kier molecular flexibility index (Phi) is 3.54. The molecular weight excluding hydrogens is 219 g/mol. The molecule has 0 aliphatic rings. The Morgan fingerprint density at radius 2 is 2.29 bits per heavy atom. The van der Waals surface area contributed by atoms with E-state index in [1.807, 2.05) is 20.0 Å². The average Bonchev–Trinajstić information content (AvgIpc) is 2.78. The summed E-state index contributed by atoms with van der Waals surface area (Å²) in [6.07, 6.45) is 5.33. The van der Waals surface area contributed by atoms with Crippen molar-refractivity contribution >= 4 is 0 Å². The highest BCUT2D eigenvalue weighted by Crippen LogP contribution is 2.26. The van der Waals surface area contributed by atoms with Crippen LogP contribution in [0, 0.1) is 5.82 Å². The molecular formula is C13H15FN2O. The fraction of sp³-hybridized carbons (Fsp3) is 0.308. The summed E-state index contributed by atoms with van der Waals surface area (Å²) in [5.41, 5.74) is 1.83. The zero-order valence-electron chi connectivity index (χ0n) is 9.90. The minimum absolute atomic E-state index is 0.0908. The van der Waals surface area contributed by atoms with Crippen LogP contribution in [0.4, 0.5) is 4.39 Å². The maximum Gasteiger partial charge on any atom is 0.141 e. The van der Waals surface area contributed by atoms with Crippen LogP contribution < -0.4 is 5.32 Å². The number of nitrogens with zero attached hydrogens (tertiary/aromatic N) is 1. The van der Waals surface area contributed by atoms with Gasteiger partial charge in [0.1, 0.15) is 11.6 Å². The molecule has 2 aromatic rings. The van der Waals surface area contributed by atoms with Gasteiger partial charge in [-0.3, -0.25) is 4.98 Å². The van der Waals surface area contributed by atoms with Gasteiger partial charge in [-0.25, -0.2) is 4.39 Å². The molecule has 2 heterocycles. The standard InChI is InChI=1S/C13H15FN2O/c1-3-12-11(4-5-17-12)13(15-2)9-6-10(14)8-16-7-9/h4-8,13,15H,3H2,1-2H3. The second-order valence-corrected chi connectivity index (χ2v) is 3.81. The molecule has 0 amide bonds. The molecule has 0 aliphatic carbocycles. The van der Waals surface area contributed by atoms with E-state index < -0.39 is 0 Å². The summed E-state index contributed by atoms with van der Waals surface area (Å²) in [6, 6.07) is 3.30. The molecule has 2 aromatic heterocycles. The van der Waals surface area contributed by atoms with E-state index in [2.05, 4.69) is 10.3 Å². The quantitative estimate of drug-likeness (QED) is 0.883. The molecule has 2 rings (SSSR count). The van der Waals surface area contributed by atoms with Gasteiger partial charge in [0.25, 0.3) is 0 Å². The molecule has 1 unspecified atom stereocenters. The van der Waals surface area contributed by atoms with Gasteiger partial charge in [0.05, 0.1) is 18.5 Å². The fourth-order valence-electron chi connectivity index (χ4n) is 1.98. The second kappa shape index (κ2) is 5.10. The van der Waals surface area contributed by atoms with Crippen LogP contribution in [-0.4, -0.2) is 12.0 Å². The van der Waals surface area contributed by atoms with Gasteiger partial charge in [-0.2, -0.15) is 0 Å². The Balaban J connectivity index is 2.40. The van der Waals surface area contributed by atoms with Crippen molar-refractivity contribution in [1.29, 1.82) is 0 Å². The molecule has 0 aromatic carbocycles. The third-order valence-electron chi connectivity index (χ3n) is 2.76. The van der Waals surface area contributed by atoms with E-state index in [0.29, 0.717) is 0 Å². The van der Waals surface area contributed by atoms with Gasteiger partial charge in [-0.15, -0.1) is 0 Å². The SMILES string of the molecule is CCc1occc1C(NC)c1cncc(F)c1. The predicted octanol–water partition coefficient (Wildman–Crippen LogP) is 2.68. The molecule has 17 heavy (non-hydrogen) atoms. The number of nitrogens with one attached hydrogen (secondary N) is 1. The zero-order valence-corrected chi connectivity index (χ0v) is 9.90. The average molecular weight is 234 g/mol. The highest BCUT2D eigenvalue weighted by molar-refractivity contribution is 5.32. The van der Waals surface area contributed by atoms with Crippen molar-refractivity contribution in [3.05, 3.63) is 53.5 Å². The van der Waals surface area contributed by atoms with Crippen LogP contribution in [0.3, 0.4) is 0 Å². The minimum atomic E-state index is -0.329. The molecule has 1 atom stereocenters. The van der Waals surface area contributed by atoms with Crippen LogP contribution in [-0.2, 0) is 6.42 Å². The third kappa shape index (κ3) is 2.36. The number of halogens is 1. The second-order valence-electron chi connectivity index (χ2n) is 3.81. The summed E-state index contributed by atoms with van der Waals surface area (Å²) in [5.74, 6) is 0.581. The normalized spacial score (nSPS) is 12.6. The van der Waals surface area contributed by atoms with Gasteiger partial charge in [-0.1, -0.05) is 6.92 Å². The van der Waals surface area contributed by atoms with E-state index in [4.69, 9.17) is 4.42 Å². The highest BCUT2D eigenvalue weighted by atomic mass is 19.1. The van der Waals surface area contributed by atoms with Crippen molar-refractivity contribution in [3.8, 4) is 0 Å². The molecule has 0 radical (unpaired) electrons. The Bertz CT molecular complexity index is 496.